The molecule has 3 rings (SSSR count). The molecule has 0 amide bonds. The number of anilines is 3. The number of hydrogen-bond donors (Lipinski definition) is 1. The lowest BCUT2D eigenvalue weighted by atomic mass is 10.3. The Morgan fingerprint density at radius 1 is 0.552 bits per heavy atom. The summed E-state index contributed by atoms with van der Waals surface area (Å²) in [6, 6.07) is 22.7. The van der Waals surface area contributed by atoms with Crippen LogP contribution in [0.15, 0.2) is 72.8 Å². The zero-order chi connectivity index (χ0) is 20.8. The van der Waals surface area contributed by atoms with Crippen LogP contribution in [0.1, 0.15) is 0 Å². The summed E-state index contributed by atoms with van der Waals surface area (Å²) in [5, 5.41) is 0. The zero-order valence-corrected chi connectivity index (χ0v) is 18.0. The van der Waals surface area contributed by atoms with Crippen LogP contribution in [0.25, 0.3) is 0 Å². The molecule has 29 heavy (non-hydrogen) atoms. The number of hydrogen-bond acceptors (Lipinski definition) is 6. The second-order valence-electron chi connectivity index (χ2n) is 6.84. The molecule has 152 valence electrons. The minimum atomic E-state index is -1.72. The van der Waals surface area contributed by atoms with Crippen LogP contribution in [0.3, 0.4) is 0 Å². The molecule has 0 atom stereocenters. The fourth-order valence-electron chi connectivity index (χ4n) is 2.45. The van der Waals surface area contributed by atoms with E-state index in [2.05, 4.69) is 0 Å². The molecule has 0 saturated heterocycles. The van der Waals surface area contributed by atoms with Crippen molar-refractivity contribution in [1.82, 2.24) is 0 Å². The summed E-state index contributed by atoms with van der Waals surface area (Å²) >= 11 is 0. The van der Waals surface area contributed by atoms with Crippen LogP contribution in [-0.2, 0) is 0 Å². The van der Waals surface area contributed by atoms with Crippen LogP contribution in [0.4, 0.5) is 17.1 Å². The molecular formula is C22H26N3O3P. The average molecular weight is 411 g/mol. The minimum Gasteiger partial charge on any atom is -0.409 e. The van der Waals surface area contributed by atoms with E-state index in [0.717, 1.165) is 11.4 Å². The van der Waals surface area contributed by atoms with Gasteiger partial charge in [-0.05, 0) is 72.8 Å². The van der Waals surface area contributed by atoms with Gasteiger partial charge in [0.25, 0.3) is 0 Å². The van der Waals surface area contributed by atoms with E-state index >= 15 is 0 Å². The van der Waals surface area contributed by atoms with E-state index in [0.29, 0.717) is 22.9 Å². The van der Waals surface area contributed by atoms with Crippen molar-refractivity contribution in [2.75, 3.05) is 43.7 Å². The standard InChI is InChI=1S/C22H26N3O3P/c1-24(2)18-7-13-21(14-8-18)27-29(26-20-11-5-17(23)6-12-20)28-22-15-9-19(10-16-22)25(3)4/h5-16H,23H2,1-4H3. The first-order valence-corrected chi connectivity index (χ1v) is 10.2. The van der Waals surface area contributed by atoms with Crippen LogP contribution in [0.2, 0.25) is 0 Å². The molecule has 0 heterocycles. The highest BCUT2D eigenvalue weighted by molar-refractivity contribution is 7.43. The highest BCUT2D eigenvalue weighted by atomic mass is 31.2. The summed E-state index contributed by atoms with van der Waals surface area (Å²) in [4.78, 5) is 4.06. The normalized spacial score (nSPS) is 10.5. The van der Waals surface area contributed by atoms with Crippen LogP contribution in [-0.4, -0.2) is 28.2 Å². The van der Waals surface area contributed by atoms with Gasteiger partial charge in [0.1, 0.15) is 17.2 Å². The van der Waals surface area contributed by atoms with Gasteiger partial charge in [-0.1, -0.05) is 0 Å². The first-order chi connectivity index (χ1) is 13.9. The number of nitrogens with zero attached hydrogens (tertiary/aromatic N) is 2. The second kappa shape index (κ2) is 9.39. The Morgan fingerprint density at radius 3 is 1.17 bits per heavy atom. The molecule has 0 saturated carbocycles. The van der Waals surface area contributed by atoms with Crippen LogP contribution in [0, 0.1) is 0 Å². The van der Waals surface area contributed by atoms with Gasteiger partial charge in [-0.25, -0.2) is 0 Å². The van der Waals surface area contributed by atoms with E-state index in [-0.39, 0.29) is 0 Å². The lowest BCUT2D eigenvalue weighted by Gasteiger charge is -2.19. The summed E-state index contributed by atoms with van der Waals surface area (Å²) in [6.45, 7) is 0. The number of rotatable bonds is 8. The van der Waals surface area contributed by atoms with Crippen molar-refractivity contribution >= 4 is 25.7 Å². The molecular weight excluding hydrogens is 385 g/mol. The third-order valence-electron chi connectivity index (χ3n) is 4.13. The maximum atomic E-state index is 6.03. The van der Waals surface area contributed by atoms with Crippen LogP contribution < -0.4 is 29.1 Å². The van der Waals surface area contributed by atoms with Gasteiger partial charge < -0.3 is 29.1 Å². The Hall–Kier alpha value is -3.11. The lowest BCUT2D eigenvalue weighted by molar-refractivity contribution is 0.388. The van der Waals surface area contributed by atoms with E-state index in [9.17, 15) is 0 Å². The monoisotopic (exact) mass is 411 g/mol. The predicted molar refractivity (Wildman–Crippen MR) is 121 cm³/mol. The van der Waals surface area contributed by atoms with Gasteiger partial charge >= 0.3 is 8.60 Å². The van der Waals surface area contributed by atoms with Gasteiger partial charge in [0, 0.05) is 45.3 Å². The van der Waals surface area contributed by atoms with Crippen molar-refractivity contribution < 1.29 is 13.6 Å². The van der Waals surface area contributed by atoms with Gasteiger partial charge in [-0.15, -0.1) is 0 Å². The molecule has 0 unspecified atom stereocenters. The lowest BCUT2D eigenvalue weighted by Crippen LogP contribution is -2.08. The van der Waals surface area contributed by atoms with Gasteiger partial charge in [-0.3, -0.25) is 0 Å². The number of benzene rings is 3. The van der Waals surface area contributed by atoms with Gasteiger partial charge in [0.2, 0.25) is 0 Å². The summed E-state index contributed by atoms with van der Waals surface area (Å²) in [5.74, 6) is 1.96. The molecule has 3 aromatic carbocycles. The molecule has 0 spiro atoms. The molecule has 0 aromatic heterocycles. The van der Waals surface area contributed by atoms with E-state index in [4.69, 9.17) is 19.3 Å². The van der Waals surface area contributed by atoms with Crippen molar-refractivity contribution in [3.8, 4) is 17.2 Å². The van der Waals surface area contributed by atoms with Gasteiger partial charge in [0.05, 0.1) is 0 Å². The summed E-state index contributed by atoms with van der Waals surface area (Å²) in [7, 11) is 6.26. The fourth-order valence-corrected chi connectivity index (χ4v) is 3.45. The Morgan fingerprint density at radius 2 is 0.862 bits per heavy atom. The molecule has 0 bridgehead atoms. The smallest absolute Gasteiger partial charge is 0.409 e. The molecule has 0 fully saturated rings. The Kier molecular flexibility index (Phi) is 6.68. The van der Waals surface area contributed by atoms with E-state index in [1.54, 1.807) is 24.3 Å². The SMILES string of the molecule is CN(C)c1ccc(OP(Oc2ccc(N)cc2)Oc2ccc(N(C)C)cc2)cc1. The third-order valence-corrected chi connectivity index (χ3v) is 5.21. The van der Waals surface area contributed by atoms with Crippen LogP contribution in [0.5, 0.6) is 17.2 Å². The molecule has 0 aliphatic heterocycles. The number of nitrogen functional groups attached to an aromatic ring is 1. The summed E-state index contributed by atoms with van der Waals surface area (Å²) in [6.07, 6.45) is 0. The molecule has 0 aliphatic carbocycles. The Bertz CT molecular complexity index is 845. The average Bonchev–Trinajstić information content (AvgIpc) is 2.70. The van der Waals surface area contributed by atoms with Crippen LogP contribution >= 0.6 is 8.60 Å². The molecule has 0 aliphatic rings. The largest absolute Gasteiger partial charge is 0.530 e. The van der Waals surface area contributed by atoms with E-state index in [1.165, 1.54) is 0 Å². The Balaban J connectivity index is 1.77. The molecule has 6 nitrogen and oxygen atoms in total. The van der Waals surface area contributed by atoms with E-state index < -0.39 is 8.60 Å². The highest BCUT2D eigenvalue weighted by Gasteiger charge is 2.20. The molecule has 2 N–H and O–H groups in total. The maximum Gasteiger partial charge on any atom is 0.530 e. The molecule has 3 aromatic rings. The highest BCUT2D eigenvalue weighted by Crippen LogP contribution is 2.42. The van der Waals surface area contributed by atoms with E-state index in [1.807, 2.05) is 86.5 Å². The predicted octanol–water partition coefficient (Wildman–Crippen LogP) is 5.16. The number of nitrogens with two attached hydrogens (primary N) is 1. The van der Waals surface area contributed by atoms with Gasteiger partial charge in [0.15, 0.2) is 0 Å². The Labute approximate surface area is 173 Å². The maximum absolute atomic E-state index is 6.03. The van der Waals surface area contributed by atoms with Crippen molar-refractivity contribution in [2.24, 2.45) is 0 Å². The van der Waals surface area contributed by atoms with Crippen molar-refractivity contribution in [1.29, 1.82) is 0 Å². The first kappa shape index (κ1) is 20.6. The summed E-state index contributed by atoms with van der Waals surface area (Å²) in [5.41, 5.74) is 8.60. The van der Waals surface area contributed by atoms with Crippen molar-refractivity contribution in [3.05, 3.63) is 72.8 Å². The summed E-state index contributed by atoms with van der Waals surface area (Å²) < 4.78 is 18.0. The molecule has 0 radical (unpaired) electrons. The fraction of sp³-hybridized carbons (Fsp3) is 0.182. The quantitative estimate of drug-likeness (QED) is 0.408. The first-order valence-electron chi connectivity index (χ1n) is 9.15. The topological polar surface area (TPSA) is 60.2 Å². The van der Waals surface area contributed by atoms with Crippen molar-refractivity contribution in [2.45, 2.75) is 0 Å². The van der Waals surface area contributed by atoms with Gasteiger partial charge in [-0.2, -0.15) is 0 Å². The second-order valence-corrected chi connectivity index (χ2v) is 7.84. The molecule has 7 heteroatoms. The minimum absolute atomic E-state index is 0.625. The zero-order valence-electron chi connectivity index (χ0n) is 17.1. The van der Waals surface area contributed by atoms with Crippen molar-refractivity contribution in [3.63, 3.8) is 0 Å². The third kappa shape index (κ3) is 5.93.